The van der Waals surface area contributed by atoms with E-state index in [1.54, 1.807) is 0 Å². The highest BCUT2D eigenvalue weighted by molar-refractivity contribution is 5.43. The number of fused-ring (bicyclic) bond motifs is 1. The van der Waals surface area contributed by atoms with Gasteiger partial charge in [0.2, 0.25) is 5.88 Å². The highest BCUT2D eigenvalue weighted by Gasteiger charge is 2.23. The van der Waals surface area contributed by atoms with Crippen molar-refractivity contribution in [3.8, 4) is 11.9 Å². The van der Waals surface area contributed by atoms with E-state index < -0.39 is 0 Å². The highest BCUT2D eigenvalue weighted by atomic mass is 16.5. The third-order valence-electron chi connectivity index (χ3n) is 4.33. The third kappa shape index (κ3) is 2.78. The fraction of sp³-hybridized carbons (Fsp3) is 0.625. The minimum Gasteiger partial charge on any atom is -0.473 e. The Bertz CT molecular complexity index is 535. The lowest BCUT2D eigenvalue weighted by molar-refractivity contribution is 0.138. The lowest BCUT2D eigenvalue weighted by Crippen LogP contribution is -2.34. The van der Waals surface area contributed by atoms with Crippen LogP contribution >= 0.6 is 0 Å². The number of hydrogen-bond donors (Lipinski definition) is 1. The molecule has 1 heterocycles. The van der Waals surface area contributed by atoms with E-state index in [0.717, 1.165) is 44.2 Å². The van der Waals surface area contributed by atoms with Crippen LogP contribution < -0.4 is 10.5 Å². The van der Waals surface area contributed by atoms with E-state index in [-0.39, 0.29) is 12.1 Å². The van der Waals surface area contributed by atoms with Gasteiger partial charge in [-0.15, -0.1) is 0 Å². The molecule has 1 saturated carbocycles. The molecule has 2 atom stereocenters. The molecule has 1 aromatic heterocycles. The van der Waals surface area contributed by atoms with Crippen molar-refractivity contribution in [2.24, 2.45) is 5.73 Å². The number of aryl methyl sites for hydroxylation is 2. The summed E-state index contributed by atoms with van der Waals surface area (Å²) in [6.45, 7) is 0. The van der Waals surface area contributed by atoms with Crippen LogP contribution in [0.3, 0.4) is 0 Å². The number of nitrogens with two attached hydrogens (primary N) is 1. The third-order valence-corrected chi connectivity index (χ3v) is 4.33. The second-order valence-corrected chi connectivity index (χ2v) is 5.93. The molecule has 2 aliphatic rings. The number of rotatable bonds is 2. The lowest BCUT2D eigenvalue weighted by atomic mass is 9.93. The molecule has 0 amide bonds. The number of pyridine rings is 1. The van der Waals surface area contributed by atoms with Gasteiger partial charge in [0.15, 0.2) is 0 Å². The number of nitrogens with zero attached hydrogens (tertiary/aromatic N) is 2. The second kappa shape index (κ2) is 5.80. The number of aromatic nitrogens is 1. The van der Waals surface area contributed by atoms with Crippen molar-refractivity contribution in [3.05, 3.63) is 22.9 Å². The van der Waals surface area contributed by atoms with Gasteiger partial charge in [0.25, 0.3) is 0 Å². The Kier molecular flexibility index (Phi) is 3.88. The first-order valence-electron chi connectivity index (χ1n) is 7.61. The molecule has 0 radical (unpaired) electrons. The fourth-order valence-corrected chi connectivity index (χ4v) is 3.23. The quantitative estimate of drug-likeness (QED) is 0.897. The topological polar surface area (TPSA) is 71.9 Å². The van der Waals surface area contributed by atoms with Crippen LogP contribution in [0.5, 0.6) is 5.88 Å². The molecule has 1 fully saturated rings. The molecular formula is C16H21N3O. The maximum absolute atomic E-state index is 9.31. The summed E-state index contributed by atoms with van der Waals surface area (Å²) in [5, 5.41) is 9.31. The molecule has 4 nitrogen and oxygen atoms in total. The molecule has 0 aliphatic heterocycles. The van der Waals surface area contributed by atoms with Gasteiger partial charge in [-0.1, -0.05) is 0 Å². The predicted molar refractivity (Wildman–Crippen MR) is 76.5 cm³/mol. The summed E-state index contributed by atoms with van der Waals surface area (Å²) >= 11 is 0. The summed E-state index contributed by atoms with van der Waals surface area (Å²) < 4.78 is 6.00. The zero-order chi connectivity index (χ0) is 13.9. The first kappa shape index (κ1) is 13.4. The first-order valence-corrected chi connectivity index (χ1v) is 7.61. The Morgan fingerprint density at radius 2 is 2.10 bits per heavy atom. The summed E-state index contributed by atoms with van der Waals surface area (Å²) in [5.41, 5.74) is 8.91. The number of ether oxygens (including phenoxy) is 1. The minimum atomic E-state index is 0.111. The van der Waals surface area contributed by atoms with Crippen molar-refractivity contribution in [1.29, 1.82) is 5.26 Å². The van der Waals surface area contributed by atoms with Crippen LogP contribution in [0.25, 0.3) is 0 Å². The van der Waals surface area contributed by atoms with Crippen molar-refractivity contribution < 1.29 is 4.74 Å². The van der Waals surface area contributed by atoms with Crippen LogP contribution in [-0.4, -0.2) is 17.1 Å². The molecule has 0 bridgehead atoms. The maximum Gasteiger partial charge on any atom is 0.232 e. The van der Waals surface area contributed by atoms with Gasteiger partial charge < -0.3 is 10.5 Å². The molecule has 106 valence electrons. The zero-order valence-corrected chi connectivity index (χ0v) is 11.8. The Balaban J connectivity index is 1.83. The molecule has 3 rings (SSSR count). The smallest absolute Gasteiger partial charge is 0.232 e. The van der Waals surface area contributed by atoms with E-state index in [2.05, 4.69) is 11.1 Å². The van der Waals surface area contributed by atoms with Crippen LogP contribution in [0.2, 0.25) is 0 Å². The van der Waals surface area contributed by atoms with E-state index in [9.17, 15) is 5.26 Å². The predicted octanol–water partition coefficient (Wildman–Crippen LogP) is 2.48. The molecule has 0 saturated heterocycles. The van der Waals surface area contributed by atoms with Crippen molar-refractivity contribution in [2.75, 3.05) is 0 Å². The van der Waals surface area contributed by atoms with E-state index in [4.69, 9.17) is 10.5 Å². The summed E-state index contributed by atoms with van der Waals surface area (Å²) in [7, 11) is 0. The van der Waals surface area contributed by atoms with Crippen molar-refractivity contribution in [2.45, 2.75) is 63.5 Å². The number of hydrogen-bond acceptors (Lipinski definition) is 4. The van der Waals surface area contributed by atoms with E-state index in [0.29, 0.717) is 11.4 Å². The van der Waals surface area contributed by atoms with Crippen LogP contribution in [-0.2, 0) is 12.8 Å². The second-order valence-electron chi connectivity index (χ2n) is 5.93. The van der Waals surface area contributed by atoms with Crippen LogP contribution in [0, 0.1) is 11.3 Å². The zero-order valence-electron chi connectivity index (χ0n) is 11.8. The summed E-state index contributed by atoms with van der Waals surface area (Å²) in [5.74, 6) is 0.521. The summed E-state index contributed by atoms with van der Waals surface area (Å²) in [4.78, 5) is 4.62. The summed E-state index contributed by atoms with van der Waals surface area (Å²) in [6, 6.07) is 4.42. The van der Waals surface area contributed by atoms with Gasteiger partial charge >= 0.3 is 0 Å². The molecule has 2 aliphatic carbocycles. The monoisotopic (exact) mass is 271 g/mol. The Hall–Kier alpha value is -1.60. The van der Waals surface area contributed by atoms with Crippen LogP contribution in [0.1, 0.15) is 55.3 Å². The SMILES string of the molecule is N#Cc1cc2c(nc1OC1CCCC(N)C1)CCCC2. The normalized spacial score (nSPS) is 25.6. The minimum absolute atomic E-state index is 0.111. The van der Waals surface area contributed by atoms with Gasteiger partial charge in [-0.05, 0) is 63.0 Å². The highest BCUT2D eigenvalue weighted by Crippen LogP contribution is 2.28. The molecule has 2 N–H and O–H groups in total. The van der Waals surface area contributed by atoms with Gasteiger partial charge in [-0.3, -0.25) is 0 Å². The van der Waals surface area contributed by atoms with Gasteiger partial charge in [0.1, 0.15) is 17.7 Å². The molecule has 4 heteroatoms. The van der Waals surface area contributed by atoms with Crippen molar-refractivity contribution in [3.63, 3.8) is 0 Å². The van der Waals surface area contributed by atoms with Crippen molar-refractivity contribution in [1.82, 2.24) is 4.98 Å². The molecule has 2 unspecified atom stereocenters. The molecule has 0 aromatic carbocycles. The maximum atomic E-state index is 9.31. The Morgan fingerprint density at radius 1 is 1.25 bits per heavy atom. The van der Waals surface area contributed by atoms with E-state index in [1.165, 1.54) is 18.4 Å². The van der Waals surface area contributed by atoms with Crippen LogP contribution in [0.15, 0.2) is 6.07 Å². The Labute approximate surface area is 119 Å². The fourth-order valence-electron chi connectivity index (χ4n) is 3.23. The number of nitriles is 1. The lowest BCUT2D eigenvalue weighted by Gasteiger charge is -2.27. The molecule has 1 aromatic rings. The average molecular weight is 271 g/mol. The molecule has 0 spiro atoms. The average Bonchev–Trinajstić information content (AvgIpc) is 2.46. The van der Waals surface area contributed by atoms with Gasteiger partial charge in [0.05, 0.1) is 0 Å². The summed E-state index contributed by atoms with van der Waals surface area (Å²) in [6.07, 6.45) is 8.56. The van der Waals surface area contributed by atoms with E-state index >= 15 is 0 Å². The largest absolute Gasteiger partial charge is 0.473 e. The van der Waals surface area contributed by atoms with Gasteiger partial charge in [-0.2, -0.15) is 5.26 Å². The molecular weight excluding hydrogens is 250 g/mol. The van der Waals surface area contributed by atoms with E-state index in [1.807, 2.05) is 6.07 Å². The Morgan fingerprint density at radius 3 is 2.90 bits per heavy atom. The molecule has 20 heavy (non-hydrogen) atoms. The van der Waals surface area contributed by atoms with Gasteiger partial charge in [0, 0.05) is 11.7 Å². The van der Waals surface area contributed by atoms with Crippen LogP contribution in [0.4, 0.5) is 0 Å². The van der Waals surface area contributed by atoms with Crippen molar-refractivity contribution >= 4 is 0 Å². The standard InChI is InChI=1S/C16H21N3O/c17-10-12-8-11-4-1-2-7-15(11)19-16(12)20-14-6-3-5-13(18)9-14/h8,13-14H,1-7,9,18H2. The van der Waals surface area contributed by atoms with Gasteiger partial charge in [-0.25, -0.2) is 4.98 Å². The first-order chi connectivity index (χ1) is 9.76.